The molecular formula is C21H23ClF3N5O2. The maximum Gasteiger partial charge on any atom is 0.266 e. The molecule has 1 fully saturated rings. The topological polar surface area (TPSA) is 79.4 Å². The van der Waals surface area contributed by atoms with Crippen molar-refractivity contribution in [3.63, 3.8) is 0 Å². The van der Waals surface area contributed by atoms with E-state index in [4.69, 9.17) is 16.3 Å². The maximum absolute atomic E-state index is 14.6. The lowest BCUT2D eigenvalue weighted by atomic mass is 10.0. The lowest BCUT2D eigenvalue weighted by Gasteiger charge is -2.25. The van der Waals surface area contributed by atoms with Crippen LogP contribution in [0.5, 0.6) is 0 Å². The summed E-state index contributed by atoms with van der Waals surface area (Å²) in [6, 6.07) is 3.18. The monoisotopic (exact) mass is 469 g/mol. The fourth-order valence-electron chi connectivity index (χ4n) is 3.97. The van der Waals surface area contributed by atoms with Crippen LogP contribution in [0, 0.1) is 5.82 Å². The number of benzene rings is 1. The second-order valence-corrected chi connectivity index (χ2v) is 8.20. The van der Waals surface area contributed by atoms with Gasteiger partial charge in [0, 0.05) is 30.1 Å². The summed E-state index contributed by atoms with van der Waals surface area (Å²) in [6.07, 6.45) is -2.62. The van der Waals surface area contributed by atoms with E-state index in [1.807, 2.05) is 0 Å². The molecule has 0 saturated carbocycles. The Morgan fingerprint density at radius 3 is 2.84 bits per heavy atom. The van der Waals surface area contributed by atoms with Crippen molar-refractivity contribution in [3.8, 4) is 0 Å². The summed E-state index contributed by atoms with van der Waals surface area (Å²) in [5.41, 5.74) is 0.704. The Bertz CT molecular complexity index is 1000. The number of morpholine rings is 1. The molecule has 32 heavy (non-hydrogen) atoms. The van der Waals surface area contributed by atoms with Gasteiger partial charge in [-0.3, -0.25) is 4.79 Å². The normalized spacial score (nSPS) is 19.2. The molecule has 1 aromatic carbocycles. The summed E-state index contributed by atoms with van der Waals surface area (Å²) in [5, 5.41) is 6.29. The van der Waals surface area contributed by atoms with Gasteiger partial charge in [0.15, 0.2) is 0 Å². The first-order chi connectivity index (χ1) is 15.3. The molecule has 0 radical (unpaired) electrons. The molecule has 4 rings (SSSR count). The van der Waals surface area contributed by atoms with Crippen molar-refractivity contribution in [2.24, 2.45) is 0 Å². The van der Waals surface area contributed by atoms with E-state index in [1.54, 1.807) is 11.8 Å². The summed E-state index contributed by atoms with van der Waals surface area (Å²) in [7, 11) is 0. The van der Waals surface area contributed by atoms with Crippen molar-refractivity contribution in [3.05, 3.63) is 51.7 Å². The highest BCUT2D eigenvalue weighted by molar-refractivity contribution is 6.28. The smallest absolute Gasteiger partial charge is 0.266 e. The number of nitrogens with zero attached hydrogens (tertiary/aromatic N) is 3. The third-order valence-electron chi connectivity index (χ3n) is 5.64. The number of hydrogen-bond acceptors (Lipinski definition) is 6. The maximum atomic E-state index is 14.6. The molecule has 2 aliphatic rings. The van der Waals surface area contributed by atoms with Crippen LogP contribution in [0.15, 0.2) is 18.2 Å². The lowest BCUT2D eigenvalue weighted by Crippen LogP contribution is -2.44. The highest BCUT2D eigenvalue weighted by atomic mass is 35.5. The van der Waals surface area contributed by atoms with Gasteiger partial charge in [-0.1, -0.05) is 18.2 Å². The molecular weight excluding hydrogens is 447 g/mol. The van der Waals surface area contributed by atoms with E-state index >= 15 is 0 Å². The van der Waals surface area contributed by atoms with E-state index < -0.39 is 23.8 Å². The zero-order valence-corrected chi connectivity index (χ0v) is 18.1. The van der Waals surface area contributed by atoms with E-state index in [2.05, 4.69) is 20.6 Å². The van der Waals surface area contributed by atoms with Crippen LogP contribution in [0.1, 0.15) is 48.2 Å². The van der Waals surface area contributed by atoms with Gasteiger partial charge in [-0.15, -0.1) is 0 Å². The van der Waals surface area contributed by atoms with Crippen molar-refractivity contribution >= 4 is 23.3 Å². The van der Waals surface area contributed by atoms with Crippen LogP contribution in [0.2, 0.25) is 5.28 Å². The molecule has 1 amide bonds. The van der Waals surface area contributed by atoms with E-state index in [1.165, 1.54) is 12.1 Å². The quantitative estimate of drug-likeness (QED) is 0.629. The number of amides is 1. The second-order valence-electron chi connectivity index (χ2n) is 7.86. The van der Waals surface area contributed by atoms with Gasteiger partial charge in [0.1, 0.15) is 11.6 Å². The van der Waals surface area contributed by atoms with Crippen LogP contribution < -0.4 is 10.6 Å². The van der Waals surface area contributed by atoms with E-state index in [9.17, 15) is 18.0 Å². The van der Waals surface area contributed by atoms with Crippen molar-refractivity contribution < 1.29 is 22.7 Å². The van der Waals surface area contributed by atoms with Crippen molar-refractivity contribution in [2.75, 3.05) is 25.1 Å². The number of aromatic nitrogens is 2. The predicted octanol–water partition coefficient (Wildman–Crippen LogP) is 3.60. The molecule has 3 heterocycles. The number of ether oxygens (including phenoxy) is 1. The molecule has 2 aliphatic heterocycles. The van der Waals surface area contributed by atoms with Gasteiger partial charge in [-0.05, 0) is 18.5 Å². The summed E-state index contributed by atoms with van der Waals surface area (Å²) in [5.74, 6) is -0.668. The largest absolute Gasteiger partial charge is 0.378 e. The van der Waals surface area contributed by atoms with Gasteiger partial charge in [-0.2, -0.15) is 0 Å². The summed E-state index contributed by atoms with van der Waals surface area (Å²) < 4.78 is 46.1. The van der Waals surface area contributed by atoms with Crippen LogP contribution in [0.25, 0.3) is 0 Å². The fraction of sp³-hybridized carbons (Fsp3) is 0.476. The molecule has 2 aromatic rings. The van der Waals surface area contributed by atoms with Crippen LogP contribution in [0.3, 0.4) is 0 Å². The van der Waals surface area contributed by atoms with Crippen LogP contribution in [0.4, 0.5) is 19.0 Å². The average molecular weight is 470 g/mol. The molecule has 0 spiro atoms. The molecule has 2 N–H and O–H groups in total. The Morgan fingerprint density at radius 2 is 2.12 bits per heavy atom. The number of hydrogen-bond donors (Lipinski definition) is 2. The van der Waals surface area contributed by atoms with Crippen LogP contribution in [-0.4, -0.2) is 46.6 Å². The molecule has 0 bridgehead atoms. The van der Waals surface area contributed by atoms with Crippen LogP contribution >= 0.6 is 11.6 Å². The molecule has 11 heteroatoms. The zero-order valence-electron chi connectivity index (χ0n) is 17.4. The fourth-order valence-corrected chi connectivity index (χ4v) is 4.15. The molecule has 1 aromatic heterocycles. The standard InChI is InChI=1S/C21H23ClF3N5O2/c1-11(13-3-2-4-14(18(13)23)19(24)25)27-20-15-8-30(9-16(15)28-21(22)29-20)17(31)7-12-10-32-6-5-26-12/h2-4,11-12,19,26H,5-10H2,1H3,(H,27,28,29)/t11-,12?/m1/s1. The second kappa shape index (κ2) is 9.60. The molecule has 1 saturated heterocycles. The Morgan fingerprint density at radius 1 is 1.34 bits per heavy atom. The number of rotatable bonds is 6. The van der Waals surface area contributed by atoms with E-state index in [0.717, 1.165) is 6.07 Å². The zero-order chi connectivity index (χ0) is 22.8. The minimum atomic E-state index is -2.91. The number of alkyl halides is 2. The number of nitrogens with one attached hydrogen (secondary N) is 2. The van der Waals surface area contributed by atoms with E-state index in [0.29, 0.717) is 43.3 Å². The average Bonchev–Trinajstić information content (AvgIpc) is 3.18. The molecule has 172 valence electrons. The number of fused-ring (bicyclic) bond motifs is 1. The van der Waals surface area contributed by atoms with Crippen molar-refractivity contribution in [1.82, 2.24) is 20.2 Å². The molecule has 1 unspecified atom stereocenters. The minimum Gasteiger partial charge on any atom is -0.378 e. The third-order valence-corrected chi connectivity index (χ3v) is 5.81. The number of anilines is 1. The highest BCUT2D eigenvalue weighted by Gasteiger charge is 2.31. The molecule has 0 aliphatic carbocycles. The van der Waals surface area contributed by atoms with Gasteiger partial charge in [0.05, 0.1) is 43.6 Å². The first-order valence-corrected chi connectivity index (χ1v) is 10.7. The van der Waals surface area contributed by atoms with Gasteiger partial charge in [0.2, 0.25) is 11.2 Å². The predicted molar refractivity (Wildman–Crippen MR) is 112 cm³/mol. The van der Waals surface area contributed by atoms with Gasteiger partial charge < -0.3 is 20.3 Å². The summed E-state index contributed by atoms with van der Waals surface area (Å²) in [4.78, 5) is 22.9. The minimum absolute atomic E-state index is 0.0168. The lowest BCUT2D eigenvalue weighted by molar-refractivity contribution is -0.133. The first kappa shape index (κ1) is 22.8. The van der Waals surface area contributed by atoms with E-state index in [-0.39, 0.29) is 35.9 Å². The Hall–Kier alpha value is -2.43. The van der Waals surface area contributed by atoms with Gasteiger partial charge >= 0.3 is 0 Å². The first-order valence-electron chi connectivity index (χ1n) is 10.3. The number of carbonyl (C=O) groups excluding carboxylic acids is 1. The Labute approximate surface area is 188 Å². The Balaban J connectivity index is 1.51. The number of halogens is 4. The van der Waals surface area contributed by atoms with Crippen molar-refractivity contribution in [2.45, 2.75) is 44.9 Å². The molecule has 7 nitrogen and oxygen atoms in total. The third kappa shape index (κ3) is 4.82. The highest BCUT2D eigenvalue weighted by Crippen LogP contribution is 2.33. The number of carbonyl (C=O) groups is 1. The SMILES string of the molecule is C[C@@H](Nc1nc(Cl)nc2c1CN(C(=O)CC1COCCN1)C2)c1cccc(C(F)F)c1F. The van der Waals surface area contributed by atoms with Crippen molar-refractivity contribution in [1.29, 1.82) is 0 Å². The summed E-state index contributed by atoms with van der Waals surface area (Å²) >= 11 is 6.07. The molecule has 2 atom stereocenters. The van der Waals surface area contributed by atoms with Gasteiger partial charge in [-0.25, -0.2) is 23.1 Å². The summed E-state index contributed by atoms with van der Waals surface area (Å²) in [6.45, 7) is 4.00. The van der Waals surface area contributed by atoms with Crippen LogP contribution in [-0.2, 0) is 22.6 Å². The Kier molecular flexibility index (Phi) is 6.82. The van der Waals surface area contributed by atoms with Gasteiger partial charge in [0.25, 0.3) is 6.43 Å².